The van der Waals surface area contributed by atoms with E-state index < -0.39 is 0 Å². The number of nitriles is 1. The average molecular weight is 353 g/mol. The van der Waals surface area contributed by atoms with Crippen molar-refractivity contribution in [3.05, 3.63) is 45.9 Å². The Morgan fingerprint density at radius 3 is 2.88 bits per heavy atom. The summed E-state index contributed by atoms with van der Waals surface area (Å²) >= 11 is 1.26. The van der Waals surface area contributed by atoms with Gasteiger partial charge in [-0.25, -0.2) is 14.9 Å². The number of hydrogen-bond donors (Lipinski definition) is 1. The van der Waals surface area contributed by atoms with Gasteiger partial charge in [0.05, 0.1) is 11.1 Å². The van der Waals surface area contributed by atoms with Gasteiger partial charge in [-0.05, 0) is 36.7 Å². The van der Waals surface area contributed by atoms with Crippen LogP contribution in [0.4, 0.5) is 0 Å². The molecule has 1 N–H and O–H groups in total. The van der Waals surface area contributed by atoms with Gasteiger partial charge in [-0.2, -0.15) is 5.26 Å². The Morgan fingerprint density at radius 1 is 1.32 bits per heavy atom. The summed E-state index contributed by atoms with van der Waals surface area (Å²) in [5.74, 6) is 0. The predicted molar refractivity (Wildman–Crippen MR) is 97.7 cm³/mol. The molecule has 7 heteroatoms. The maximum absolute atomic E-state index is 12.0. The van der Waals surface area contributed by atoms with E-state index >= 15 is 0 Å². The maximum Gasteiger partial charge on any atom is 0.343 e. The summed E-state index contributed by atoms with van der Waals surface area (Å²) in [5.41, 5.74) is 2.02. The first-order chi connectivity index (χ1) is 12.2. The number of aromatic amines is 1. The second kappa shape index (κ2) is 7.53. The Morgan fingerprint density at radius 2 is 2.12 bits per heavy atom. The van der Waals surface area contributed by atoms with Crippen LogP contribution >= 0.6 is 11.8 Å². The third-order valence-electron chi connectivity index (χ3n) is 4.13. The van der Waals surface area contributed by atoms with Crippen molar-refractivity contribution in [3.63, 3.8) is 0 Å². The molecule has 2 aromatic heterocycles. The molecule has 0 amide bonds. The molecule has 0 spiro atoms. The summed E-state index contributed by atoms with van der Waals surface area (Å²) < 4.78 is 1.62. The van der Waals surface area contributed by atoms with Gasteiger partial charge in [0.1, 0.15) is 11.1 Å². The van der Waals surface area contributed by atoms with Gasteiger partial charge in [-0.15, -0.1) is 5.10 Å². The lowest BCUT2D eigenvalue weighted by Gasteiger charge is -2.09. The molecule has 3 rings (SSSR count). The normalized spacial score (nSPS) is 10.9. The second-order valence-corrected chi connectivity index (χ2v) is 6.77. The van der Waals surface area contributed by atoms with Crippen molar-refractivity contribution in [1.82, 2.24) is 19.7 Å². The third kappa shape index (κ3) is 3.44. The number of nitrogens with zero attached hydrogens (tertiary/aromatic N) is 4. The lowest BCUT2D eigenvalue weighted by Crippen LogP contribution is -2.17. The van der Waals surface area contributed by atoms with Crippen molar-refractivity contribution < 1.29 is 0 Å². The van der Waals surface area contributed by atoms with E-state index in [1.807, 2.05) is 31.2 Å². The van der Waals surface area contributed by atoms with E-state index in [-0.39, 0.29) is 5.69 Å². The highest BCUT2D eigenvalue weighted by atomic mass is 32.2. The molecule has 0 unspecified atom stereocenters. The van der Waals surface area contributed by atoms with Crippen LogP contribution < -0.4 is 5.69 Å². The van der Waals surface area contributed by atoms with E-state index in [9.17, 15) is 10.1 Å². The number of para-hydroxylation sites is 1. The standard InChI is InChI=1S/C18H19N5OS/c1-3-4-7-10-23-17(24)21-22-18(23)25-16-14(11-19)12(2)13-8-5-6-9-15(13)20-16/h5-6,8-9H,3-4,7,10H2,1-2H3,(H,21,24). The molecule has 0 aliphatic heterocycles. The smallest absolute Gasteiger partial charge is 0.270 e. The molecule has 0 radical (unpaired) electrons. The van der Waals surface area contributed by atoms with E-state index in [0.29, 0.717) is 22.3 Å². The Kier molecular flexibility index (Phi) is 5.19. The number of nitrogens with one attached hydrogen (secondary N) is 1. The number of hydrogen-bond acceptors (Lipinski definition) is 5. The minimum Gasteiger partial charge on any atom is -0.270 e. The minimum atomic E-state index is -0.227. The van der Waals surface area contributed by atoms with Crippen LogP contribution in [0.25, 0.3) is 10.9 Å². The monoisotopic (exact) mass is 353 g/mol. The van der Waals surface area contributed by atoms with E-state index in [0.717, 1.165) is 35.7 Å². The number of fused-ring (bicyclic) bond motifs is 1. The molecule has 128 valence electrons. The van der Waals surface area contributed by atoms with Crippen LogP contribution in [0, 0.1) is 18.3 Å². The quantitative estimate of drug-likeness (QED) is 0.684. The summed E-state index contributed by atoms with van der Waals surface area (Å²) in [7, 11) is 0. The van der Waals surface area contributed by atoms with Gasteiger partial charge in [-0.3, -0.25) is 4.57 Å². The zero-order valence-electron chi connectivity index (χ0n) is 14.2. The van der Waals surface area contributed by atoms with E-state index in [1.54, 1.807) is 4.57 Å². The molecule has 0 saturated heterocycles. The van der Waals surface area contributed by atoms with Gasteiger partial charge in [0.2, 0.25) is 0 Å². The second-order valence-electron chi connectivity index (χ2n) is 5.82. The molecule has 25 heavy (non-hydrogen) atoms. The molecule has 6 nitrogen and oxygen atoms in total. The highest BCUT2D eigenvalue weighted by Crippen LogP contribution is 2.31. The topological polar surface area (TPSA) is 87.4 Å². The molecule has 2 heterocycles. The molecule has 0 aliphatic rings. The summed E-state index contributed by atoms with van der Waals surface area (Å²) in [6.07, 6.45) is 3.05. The summed E-state index contributed by atoms with van der Waals surface area (Å²) in [4.78, 5) is 16.6. The van der Waals surface area contributed by atoms with Crippen LogP contribution in [0.3, 0.4) is 0 Å². The molecular weight excluding hydrogens is 334 g/mol. The number of H-pyrrole nitrogens is 1. The van der Waals surface area contributed by atoms with Gasteiger partial charge in [-0.1, -0.05) is 38.0 Å². The molecular formula is C18H19N5OS. The van der Waals surface area contributed by atoms with Crippen LogP contribution in [-0.2, 0) is 6.54 Å². The number of aryl methyl sites for hydroxylation is 1. The largest absolute Gasteiger partial charge is 0.343 e. The SMILES string of the molecule is CCCCCn1c(Sc2nc3ccccc3c(C)c2C#N)n[nH]c1=O. The van der Waals surface area contributed by atoms with Crippen LogP contribution in [-0.4, -0.2) is 19.7 Å². The van der Waals surface area contributed by atoms with Crippen molar-refractivity contribution >= 4 is 22.7 Å². The van der Waals surface area contributed by atoms with Crippen molar-refractivity contribution in [1.29, 1.82) is 5.26 Å². The Bertz CT molecular complexity index is 999. The van der Waals surface area contributed by atoms with Gasteiger partial charge in [0.15, 0.2) is 5.16 Å². The molecule has 0 saturated carbocycles. The molecule has 0 aliphatic carbocycles. The zero-order chi connectivity index (χ0) is 17.8. The number of benzene rings is 1. The fourth-order valence-corrected chi connectivity index (χ4v) is 3.73. The fourth-order valence-electron chi connectivity index (χ4n) is 2.74. The number of rotatable bonds is 6. The van der Waals surface area contributed by atoms with Crippen LogP contribution in [0.2, 0.25) is 0 Å². The Balaban J connectivity index is 2.01. The van der Waals surface area contributed by atoms with E-state index in [1.165, 1.54) is 11.8 Å². The first kappa shape index (κ1) is 17.2. The van der Waals surface area contributed by atoms with Crippen LogP contribution in [0.1, 0.15) is 37.3 Å². The summed E-state index contributed by atoms with van der Waals surface area (Å²) in [6, 6.07) is 9.99. The van der Waals surface area contributed by atoms with Gasteiger partial charge >= 0.3 is 5.69 Å². The summed E-state index contributed by atoms with van der Waals surface area (Å²) in [6.45, 7) is 4.65. The lowest BCUT2D eigenvalue weighted by molar-refractivity contribution is 0.554. The Hall–Kier alpha value is -2.59. The molecule has 0 bridgehead atoms. The molecule has 1 aromatic carbocycles. The minimum absolute atomic E-state index is 0.227. The van der Waals surface area contributed by atoms with E-state index in [2.05, 4.69) is 28.2 Å². The van der Waals surface area contributed by atoms with Gasteiger partial charge in [0.25, 0.3) is 0 Å². The summed E-state index contributed by atoms with van der Waals surface area (Å²) in [5, 5.41) is 18.3. The first-order valence-corrected chi connectivity index (χ1v) is 9.09. The first-order valence-electron chi connectivity index (χ1n) is 8.28. The zero-order valence-corrected chi connectivity index (χ0v) is 15.1. The Labute approximate surface area is 149 Å². The fraction of sp³-hybridized carbons (Fsp3) is 0.333. The van der Waals surface area contributed by atoms with E-state index in [4.69, 9.17) is 0 Å². The van der Waals surface area contributed by atoms with Crippen LogP contribution in [0.15, 0.2) is 39.2 Å². The number of aromatic nitrogens is 4. The predicted octanol–water partition coefficient (Wildman–Crippen LogP) is 3.64. The molecule has 3 aromatic rings. The van der Waals surface area contributed by atoms with Gasteiger partial charge in [0, 0.05) is 11.9 Å². The van der Waals surface area contributed by atoms with Gasteiger partial charge < -0.3 is 0 Å². The maximum atomic E-state index is 12.0. The highest BCUT2D eigenvalue weighted by molar-refractivity contribution is 7.99. The van der Waals surface area contributed by atoms with Crippen molar-refractivity contribution in [2.45, 2.75) is 49.8 Å². The molecule has 0 atom stereocenters. The van der Waals surface area contributed by atoms with Crippen molar-refractivity contribution in [3.8, 4) is 6.07 Å². The lowest BCUT2D eigenvalue weighted by atomic mass is 10.1. The van der Waals surface area contributed by atoms with Crippen molar-refractivity contribution in [2.75, 3.05) is 0 Å². The van der Waals surface area contributed by atoms with Crippen molar-refractivity contribution in [2.24, 2.45) is 0 Å². The van der Waals surface area contributed by atoms with Crippen LogP contribution in [0.5, 0.6) is 0 Å². The average Bonchev–Trinajstić information content (AvgIpc) is 2.96. The number of unbranched alkanes of at least 4 members (excludes halogenated alkanes) is 2. The molecule has 0 fully saturated rings. The number of pyridine rings is 1. The highest BCUT2D eigenvalue weighted by Gasteiger charge is 2.17. The third-order valence-corrected chi connectivity index (χ3v) is 5.11.